The summed E-state index contributed by atoms with van der Waals surface area (Å²) < 4.78 is 27.4. The lowest BCUT2D eigenvalue weighted by Gasteiger charge is -2.26. The van der Waals surface area contributed by atoms with E-state index in [-0.39, 0.29) is 10.8 Å². The number of hydrogen-bond donors (Lipinski definition) is 1. The van der Waals surface area contributed by atoms with Gasteiger partial charge in [-0.1, -0.05) is 12.5 Å². The number of aryl methyl sites for hydroxylation is 4. The van der Waals surface area contributed by atoms with E-state index in [1.54, 1.807) is 19.1 Å². The zero-order valence-corrected chi connectivity index (χ0v) is 17.7. The maximum atomic E-state index is 13.0. The summed E-state index contributed by atoms with van der Waals surface area (Å²) in [6.45, 7) is 8.54. The summed E-state index contributed by atoms with van der Waals surface area (Å²) in [5.41, 5.74) is 4.30. The molecule has 2 heterocycles. The standard InChI is InChI=1S/C21H27N3O3S/c1-14-8-9-18(28(26,27)24-10-6-5-7-11-24)13-19(14)21(25)23-20-15(2)12-16(3)22-17(20)4/h8-9,12-13H,5-7,10-11H2,1-4H3,(H,23,25). The molecule has 1 amide bonds. The van der Waals surface area contributed by atoms with Crippen LogP contribution in [-0.4, -0.2) is 36.7 Å². The molecule has 1 N–H and O–H groups in total. The smallest absolute Gasteiger partial charge is 0.256 e. The predicted molar refractivity (Wildman–Crippen MR) is 110 cm³/mol. The number of sulfonamides is 1. The molecule has 1 aromatic carbocycles. The number of pyridine rings is 1. The fourth-order valence-corrected chi connectivity index (χ4v) is 5.20. The number of piperidine rings is 1. The molecule has 0 radical (unpaired) electrons. The highest BCUT2D eigenvalue weighted by molar-refractivity contribution is 7.89. The first-order chi connectivity index (χ1) is 13.2. The van der Waals surface area contributed by atoms with Gasteiger partial charge >= 0.3 is 0 Å². The van der Waals surface area contributed by atoms with Gasteiger partial charge in [0.2, 0.25) is 10.0 Å². The van der Waals surface area contributed by atoms with Crippen LogP contribution in [0.2, 0.25) is 0 Å². The van der Waals surface area contributed by atoms with Crippen molar-refractivity contribution in [3.05, 3.63) is 52.3 Å². The Hall–Kier alpha value is -2.25. The first-order valence-electron chi connectivity index (χ1n) is 9.57. The lowest BCUT2D eigenvalue weighted by atomic mass is 10.1. The summed E-state index contributed by atoms with van der Waals surface area (Å²) in [6.07, 6.45) is 2.80. The molecule has 0 saturated carbocycles. The number of hydrogen-bond acceptors (Lipinski definition) is 4. The van der Waals surface area contributed by atoms with Gasteiger partial charge < -0.3 is 5.32 Å². The Labute approximate surface area is 167 Å². The second-order valence-corrected chi connectivity index (χ2v) is 9.37. The van der Waals surface area contributed by atoms with Crippen LogP contribution < -0.4 is 5.32 Å². The number of carbonyl (C=O) groups is 1. The van der Waals surface area contributed by atoms with E-state index >= 15 is 0 Å². The average Bonchev–Trinajstić information content (AvgIpc) is 2.65. The lowest BCUT2D eigenvalue weighted by Crippen LogP contribution is -2.35. The van der Waals surface area contributed by atoms with Crippen molar-refractivity contribution in [1.29, 1.82) is 0 Å². The molecule has 1 aliphatic rings. The van der Waals surface area contributed by atoms with E-state index < -0.39 is 10.0 Å². The number of nitrogens with one attached hydrogen (secondary N) is 1. The zero-order valence-electron chi connectivity index (χ0n) is 16.9. The third-order valence-corrected chi connectivity index (χ3v) is 7.07. The minimum Gasteiger partial charge on any atom is -0.320 e. The van der Waals surface area contributed by atoms with Gasteiger partial charge in [0, 0.05) is 24.3 Å². The lowest BCUT2D eigenvalue weighted by molar-refractivity contribution is 0.102. The van der Waals surface area contributed by atoms with Crippen LogP contribution in [0.5, 0.6) is 0 Å². The Morgan fingerprint density at radius 1 is 1.00 bits per heavy atom. The van der Waals surface area contributed by atoms with Crippen molar-refractivity contribution < 1.29 is 13.2 Å². The number of nitrogens with zero attached hydrogens (tertiary/aromatic N) is 2. The highest BCUT2D eigenvalue weighted by atomic mass is 32.2. The van der Waals surface area contributed by atoms with Crippen molar-refractivity contribution in [3.8, 4) is 0 Å². The predicted octanol–water partition coefficient (Wildman–Crippen LogP) is 3.74. The summed E-state index contributed by atoms with van der Waals surface area (Å²) in [6, 6.07) is 6.67. The fourth-order valence-electron chi connectivity index (χ4n) is 3.65. The van der Waals surface area contributed by atoms with Crippen molar-refractivity contribution >= 4 is 21.6 Å². The third kappa shape index (κ3) is 4.10. The molecule has 28 heavy (non-hydrogen) atoms. The highest BCUT2D eigenvalue weighted by Gasteiger charge is 2.27. The van der Waals surface area contributed by atoms with Gasteiger partial charge in [0.05, 0.1) is 16.3 Å². The topological polar surface area (TPSA) is 79.4 Å². The normalized spacial score (nSPS) is 15.4. The zero-order chi connectivity index (χ0) is 20.5. The van der Waals surface area contributed by atoms with Crippen LogP contribution in [0.1, 0.15) is 52.1 Å². The van der Waals surface area contributed by atoms with E-state index in [1.807, 2.05) is 26.8 Å². The molecule has 0 spiro atoms. The maximum Gasteiger partial charge on any atom is 0.256 e. The van der Waals surface area contributed by atoms with Crippen LogP contribution in [0.3, 0.4) is 0 Å². The van der Waals surface area contributed by atoms with E-state index in [1.165, 1.54) is 10.4 Å². The maximum absolute atomic E-state index is 13.0. The largest absolute Gasteiger partial charge is 0.320 e. The van der Waals surface area contributed by atoms with E-state index in [0.29, 0.717) is 24.3 Å². The molecule has 1 aromatic heterocycles. The van der Waals surface area contributed by atoms with Crippen molar-refractivity contribution in [2.75, 3.05) is 18.4 Å². The van der Waals surface area contributed by atoms with Crippen LogP contribution in [-0.2, 0) is 10.0 Å². The van der Waals surface area contributed by atoms with Crippen molar-refractivity contribution in [3.63, 3.8) is 0 Å². The number of anilines is 1. The van der Waals surface area contributed by atoms with E-state index in [2.05, 4.69) is 10.3 Å². The summed E-state index contributed by atoms with van der Waals surface area (Å²) in [5, 5.41) is 2.91. The quantitative estimate of drug-likeness (QED) is 0.846. The van der Waals surface area contributed by atoms with Gasteiger partial charge in [0.25, 0.3) is 5.91 Å². The minimum atomic E-state index is -3.59. The van der Waals surface area contributed by atoms with Crippen LogP contribution in [0.25, 0.3) is 0 Å². The van der Waals surface area contributed by atoms with Gasteiger partial charge in [0.15, 0.2) is 0 Å². The van der Waals surface area contributed by atoms with E-state index in [4.69, 9.17) is 0 Å². The van der Waals surface area contributed by atoms with Crippen molar-refractivity contribution in [1.82, 2.24) is 9.29 Å². The summed E-state index contributed by atoms with van der Waals surface area (Å²) in [4.78, 5) is 17.5. The molecule has 7 heteroatoms. The van der Waals surface area contributed by atoms with Crippen LogP contribution in [0, 0.1) is 27.7 Å². The van der Waals surface area contributed by atoms with E-state index in [9.17, 15) is 13.2 Å². The fraction of sp³-hybridized carbons (Fsp3) is 0.429. The average molecular weight is 402 g/mol. The Kier molecular flexibility index (Phi) is 5.86. The third-order valence-electron chi connectivity index (χ3n) is 5.17. The molecule has 150 valence electrons. The second kappa shape index (κ2) is 8.01. The number of aromatic nitrogens is 1. The first-order valence-corrected chi connectivity index (χ1v) is 11.0. The highest BCUT2D eigenvalue weighted by Crippen LogP contribution is 2.25. The molecular formula is C21H27N3O3S. The molecule has 1 aliphatic heterocycles. The molecule has 3 rings (SSSR count). The van der Waals surface area contributed by atoms with Gasteiger partial charge in [-0.25, -0.2) is 8.42 Å². The van der Waals surface area contributed by atoms with Gasteiger partial charge in [0.1, 0.15) is 0 Å². The molecule has 6 nitrogen and oxygen atoms in total. The Balaban J connectivity index is 1.92. The number of amides is 1. The summed E-state index contributed by atoms with van der Waals surface area (Å²) in [7, 11) is -3.59. The van der Waals surface area contributed by atoms with Crippen molar-refractivity contribution in [2.45, 2.75) is 51.9 Å². The SMILES string of the molecule is Cc1cc(C)c(NC(=O)c2cc(S(=O)(=O)N3CCCCC3)ccc2C)c(C)n1. The van der Waals surface area contributed by atoms with Gasteiger partial charge in [-0.15, -0.1) is 0 Å². The van der Waals surface area contributed by atoms with Gasteiger partial charge in [-0.05, 0) is 69.9 Å². The molecule has 0 unspecified atom stereocenters. The van der Waals surface area contributed by atoms with Crippen LogP contribution in [0.15, 0.2) is 29.2 Å². The van der Waals surface area contributed by atoms with Crippen LogP contribution >= 0.6 is 0 Å². The molecule has 0 bridgehead atoms. The second-order valence-electron chi connectivity index (χ2n) is 7.44. The van der Waals surface area contributed by atoms with Crippen LogP contribution in [0.4, 0.5) is 5.69 Å². The van der Waals surface area contributed by atoms with E-state index in [0.717, 1.165) is 41.8 Å². The molecule has 2 aromatic rings. The summed E-state index contributed by atoms with van der Waals surface area (Å²) in [5.74, 6) is -0.329. The Morgan fingerprint density at radius 2 is 1.68 bits per heavy atom. The molecule has 1 saturated heterocycles. The number of rotatable bonds is 4. The first kappa shape index (κ1) is 20.5. The molecule has 1 fully saturated rings. The minimum absolute atomic E-state index is 0.167. The summed E-state index contributed by atoms with van der Waals surface area (Å²) >= 11 is 0. The molecule has 0 atom stereocenters. The number of benzene rings is 1. The Morgan fingerprint density at radius 3 is 2.32 bits per heavy atom. The molecule has 0 aliphatic carbocycles. The van der Waals surface area contributed by atoms with Gasteiger partial charge in [-0.2, -0.15) is 4.31 Å². The molecular weight excluding hydrogens is 374 g/mol. The number of carbonyl (C=O) groups excluding carboxylic acids is 1. The Bertz CT molecular complexity index is 987. The van der Waals surface area contributed by atoms with Crippen molar-refractivity contribution in [2.24, 2.45) is 0 Å². The monoisotopic (exact) mass is 401 g/mol. The van der Waals surface area contributed by atoms with Gasteiger partial charge in [-0.3, -0.25) is 9.78 Å².